The molecule has 19 unspecified atom stereocenters. The quantitative estimate of drug-likeness (QED) is 0.0627. The molecule has 3 aliphatic rings. The number of nitrogens with zero attached hydrogens (tertiary/aromatic N) is 1. The first-order chi connectivity index (χ1) is 38.9. The topological polar surface area (TPSA) is 335 Å². The lowest BCUT2D eigenvalue weighted by molar-refractivity contribution is -0.279. The normalized spacial score (nSPS) is 36.4. The van der Waals surface area contributed by atoms with E-state index in [0.29, 0.717) is 23.4 Å². The predicted octanol–water partition coefficient (Wildman–Crippen LogP) is 4.58. The van der Waals surface area contributed by atoms with Gasteiger partial charge in [-0.2, -0.15) is 0 Å². The lowest BCUT2D eigenvalue weighted by Crippen LogP contribution is -2.57. The summed E-state index contributed by atoms with van der Waals surface area (Å²) in [6, 6.07) is 5.45. The number of rotatable bonds is 11. The number of Topliss-reactive ketones (excluding diaryl/α,β-unsaturated/α-hetero) is 2. The molecular formula is C62H90N2O18. The summed E-state index contributed by atoms with van der Waals surface area (Å²) in [6.45, 7) is 8.80. The van der Waals surface area contributed by atoms with Gasteiger partial charge in [0.25, 0.3) is 0 Å². The van der Waals surface area contributed by atoms with Gasteiger partial charge in [0, 0.05) is 55.0 Å². The molecule has 0 amide bonds. The van der Waals surface area contributed by atoms with Crippen molar-refractivity contribution in [2.24, 2.45) is 22.7 Å². The second-order valence-corrected chi connectivity index (χ2v) is 22.1. The number of carbonyl (C=O) groups excluding carboxylic acids is 4. The number of hydrogen-bond acceptors (Lipinski definition) is 20. The number of esters is 2. The van der Waals surface area contributed by atoms with Gasteiger partial charge in [-0.15, -0.1) is 0 Å². The number of carbonyl (C=O) groups is 4. The Morgan fingerprint density at radius 1 is 0.683 bits per heavy atom. The zero-order chi connectivity index (χ0) is 60.5. The fourth-order valence-electron chi connectivity index (χ4n) is 10.3. The maximum absolute atomic E-state index is 13.3. The van der Waals surface area contributed by atoms with E-state index in [0.717, 1.165) is 0 Å². The van der Waals surface area contributed by atoms with Gasteiger partial charge >= 0.3 is 11.9 Å². The van der Waals surface area contributed by atoms with Gasteiger partial charge in [0.15, 0.2) is 12.1 Å². The summed E-state index contributed by atoms with van der Waals surface area (Å²) in [4.78, 5) is 56.8. The van der Waals surface area contributed by atoms with Crippen LogP contribution in [0.25, 0.3) is 0 Å². The highest BCUT2D eigenvalue weighted by molar-refractivity contribution is 5.96. The van der Waals surface area contributed by atoms with Crippen LogP contribution in [0.5, 0.6) is 0 Å². The zero-order valence-electron chi connectivity index (χ0n) is 48.1. The molecule has 0 radical (unpaired) electrons. The number of benzene rings is 1. The summed E-state index contributed by atoms with van der Waals surface area (Å²) >= 11 is 0. The van der Waals surface area contributed by atoms with Crippen LogP contribution in [0.4, 0.5) is 5.69 Å². The molecule has 0 spiro atoms. The molecule has 1 aromatic rings. The molecule has 0 saturated carbocycles. The molecule has 19 atom stereocenters. The van der Waals surface area contributed by atoms with Crippen LogP contribution < -0.4 is 5.73 Å². The minimum atomic E-state index is -1.46. The average Bonchev–Trinajstić information content (AvgIpc) is 3.53. The zero-order valence-corrected chi connectivity index (χ0v) is 48.1. The fourth-order valence-corrected chi connectivity index (χ4v) is 10.3. The molecule has 11 N–H and O–H groups in total. The highest BCUT2D eigenvalue weighted by atomic mass is 16.7. The molecule has 82 heavy (non-hydrogen) atoms. The van der Waals surface area contributed by atoms with Gasteiger partial charge in [-0.05, 0) is 89.5 Å². The van der Waals surface area contributed by atoms with Crippen molar-refractivity contribution in [3.63, 3.8) is 0 Å². The Balaban J connectivity index is 1.56. The van der Waals surface area contributed by atoms with Crippen LogP contribution in [0, 0.1) is 17.8 Å². The van der Waals surface area contributed by atoms with E-state index in [9.17, 15) is 65.1 Å². The Labute approximate surface area is 482 Å². The number of aliphatic hydroxyl groups is 9. The van der Waals surface area contributed by atoms with Crippen LogP contribution >= 0.6 is 0 Å². The largest absolute Gasteiger partial charge is 0.469 e. The first-order valence-electron chi connectivity index (χ1n) is 28.4. The Hall–Kier alpha value is -5.33. The molecule has 2 saturated heterocycles. The van der Waals surface area contributed by atoms with E-state index in [-0.39, 0.29) is 69.0 Å². The summed E-state index contributed by atoms with van der Waals surface area (Å²) in [7, 11) is 1.18. The molecule has 3 aliphatic heterocycles. The number of nitrogens with two attached hydrogens (primary N) is 1. The number of anilines is 1. The van der Waals surface area contributed by atoms with Gasteiger partial charge in [-0.25, -0.2) is 0 Å². The molecule has 456 valence electrons. The molecule has 4 rings (SSSR count). The van der Waals surface area contributed by atoms with E-state index in [2.05, 4.69) is 4.99 Å². The fraction of sp³-hybridized carbons (Fsp3) is 0.597. The van der Waals surface area contributed by atoms with Gasteiger partial charge in [0.1, 0.15) is 36.1 Å². The Kier molecular flexibility index (Phi) is 30.1. The number of hydrogen-bond donors (Lipinski definition) is 10. The van der Waals surface area contributed by atoms with Crippen molar-refractivity contribution in [3.8, 4) is 0 Å². The summed E-state index contributed by atoms with van der Waals surface area (Å²) in [6.07, 6.45) is 5.59. The molecule has 0 aliphatic carbocycles. The molecule has 0 aromatic heterocycles. The van der Waals surface area contributed by atoms with Crippen molar-refractivity contribution in [1.29, 1.82) is 0 Å². The molecule has 1 aromatic carbocycles. The van der Waals surface area contributed by atoms with Crippen LogP contribution in [0.2, 0.25) is 0 Å². The number of ether oxygens (including phenoxy) is 5. The third-order valence-electron chi connectivity index (χ3n) is 14.6. The van der Waals surface area contributed by atoms with E-state index < -0.39 is 141 Å². The predicted molar refractivity (Wildman–Crippen MR) is 308 cm³/mol. The maximum Gasteiger partial charge on any atom is 0.313 e. The van der Waals surface area contributed by atoms with E-state index in [1.165, 1.54) is 7.11 Å². The van der Waals surface area contributed by atoms with Gasteiger partial charge in [0.05, 0.1) is 80.7 Å². The second kappa shape index (κ2) is 35.7. The standard InChI is InChI=1S/C62H90N2O18/c1-37(2)64-57-58(75)40(5)79-62(59(57)76)81-50-20-18-16-14-12-10-8-7-9-11-13-15-17-19-38(3)60(39(4)21-26-43(65)33-52(72)41-22-24-42(63)25-23-41)82-55(74)34-49(71)31-47(69)29-45(67)27-44(66)28-46(68)30-48(70)32-51-35-53(73)56(61(77)78-6)54(36-50)80-51/h7-20,22-25,38-40,43-46,48-51,53-54,56-60,62,65-68,70-71,73,75-76H,21,26-36,63H2,1-6H3/b8-7+,11-9+,12-10+,15-13+,16-14+,19-17+,20-18+. The highest BCUT2D eigenvalue weighted by Crippen LogP contribution is 2.35. The third-order valence-corrected chi connectivity index (χ3v) is 14.6. The van der Waals surface area contributed by atoms with Crippen molar-refractivity contribution in [2.45, 2.75) is 209 Å². The van der Waals surface area contributed by atoms with E-state index >= 15 is 0 Å². The monoisotopic (exact) mass is 1150 g/mol. The Morgan fingerprint density at radius 2 is 1.23 bits per heavy atom. The number of nitrogen functional groups attached to an aromatic ring is 1. The average molecular weight is 1150 g/mol. The minimum Gasteiger partial charge on any atom is -0.469 e. The van der Waals surface area contributed by atoms with Gasteiger partial charge in [0.2, 0.25) is 0 Å². The summed E-state index contributed by atoms with van der Waals surface area (Å²) in [5, 5.41) is 98.9. The Morgan fingerprint density at radius 3 is 1.82 bits per heavy atom. The summed E-state index contributed by atoms with van der Waals surface area (Å²) in [5.41, 5.74) is 7.29. The lowest BCUT2D eigenvalue weighted by atomic mass is 9.84. The van der Waals surface area contributed by atoms with Crippen LogP contribution in [-0.4, -0.2) is 180 Å². The van der Waals surface area contributed by atoms with E-state index in [1.54, 1.807) is 99.7 Å². The first-order valence-corrected chi connectivity index (χ1v) is 28.4. The summed E-state index contributed by atoms with van der Waals surface area (Å²) < 4.78 is 29.7. The van der Waals surface area contributed by atoms with Crippen molar-refractivity contribution in [3.05, 3.63) is 115 Å². The van der Waals surface area contributed by atoms with Gasteiger partial charge < -0.3 is 75.4 Å². The van der Waals surface area contributed by atoms with Crippen molar-refractivity contribution in [1.82, 2.24) is 0 Å². The van der Waals surface area contributed by atoms with Crippen LogP contribution in [0.15, 0.2) is 114 Å². The Bertz CT molecular complexity index is 2380. The molecule has 2 fully saturated rings. The molecule has 2 bridgehead atoms. The number of methoxy groups -OCH3 is 1. The molecule has 3 heterocycles. The number of ketones is 2. The SMILES string of the molecule is COC(=O)C1C(O)CC2CC(O)CC(O)CC(O)CC(O)CC(=O)CC(O)CC(=O)OC(C(C)CCC(O)CC(=O)c3ccc(N)cc3)C(C)/C=C/C=C/C=C/C=C/C=C/C=C/C=C/C(OC3OC(C)C(O)C(N=C(C)C)C3O)CC1O2. The van der Waals surface area contributed by atoms with Crippen molar-refractivity contribution in [2.75, 3.05) is 12.8 Å². The third kappa shape index (κ3) is 24.5. The van der Waals surface area contributed by atoms with Crippen molar-refractivity contribution < 1.29 is 88.8 Å². The molecular weight excluding hydrogens is 1060 g/mol. The number of aliphatic imine (C=N–C) groups is 1. The number of fused-ring (bicyclic) bond motifs is 2. The molecule has 20 heteroatoms. The second-order valence-electron chi connectivity index (χ2n) is 22.1. The number of aliphatic hydroxyl groups excluding tert-OH is 9. The van der Waals surface area contributed by atoms with Crippen LogP contribution in [0.1, 0.15) is 122 Å². The van der Waals surface area contributed by atoms with Crippen LogP contribution in [0.3, 0.4) is 0 Å². The smallest absolute Gasteiger partial charge is 0.313 e. The molecule has 20 nitrogen and oxygen atoms in total. The lowest BCUT2D eigenvalue weighted by Gasteiger charge is -2.42. The maximum atomic E-state index is 13.3. The van der Waals surface area contributed by atoms with E-state index in [4.69, 9.17) is 29.4 Å². The van der Waals surface area contributed by atoms with Crippen molar-refractivity contribution >= 4 is 34.9 Å². The first kappa shape index (κ1) is 69.2. The number of cyclic esters (lactones) is 1. The summed E-state index contributed by atoms with van der Waals surface area (Å²) in [5.74, 6) is -4.24. The highest BCUT2D eigenvalue weighted by Gasteiger charge is 2.47. The van der Waals surface area contributed by atoms with Gasteiger partial charge in [-0.3, -0.25) is 24.2 Å². The van der Waals surface area contributed by atoms with E-state index in [1.807, 2.05) is 44.2 Å². The number of allylic oxidation sites excluding steroid dienone is 12. The van der Waals surface area contributed by atoms with Crippen LogP contribution in [-0.2, 0) is 38.1 Å². The minimum absolute atomic E-state index is 0.0820. The van der Waals surface area contributed by atoms with Gasteiger partial charge in [-0.1, -0.05) is 98.9 Å².